The lowest BCUT2D eigenvalue weighted by molar-refractivity contribution is -0.119. The number of nitrogens with one attached hydrogen (secondary N) is 1. The average Bonchev–Trinajstić information content (AvgIpc) is 2.76. The highest BCUT2D eigenvalue weighted by Gasteiger charge is 2.26. The molecule has 0 aliphatic heterocycles. The highest BCUT2D eigenvalue weighted by atomic mass is 127. The van der Waals surface area contributed by atoms with Crippen LogP contribution in [0.25, 0.3) is 0 Å². The van der Waals surface area contributed by atoms with Crippen molar-refractivity contribution < 1.29 is 13.2 Å². The third-order valence-electron chi connectivity index (χ3n) is 4.78. The first-order chi connectivity index (χ1) is 14.9. The summed E-state index contributed by atoms with van der Waals surface area (Å²) in [5.74, 6) is -0.331. The van der Waals surface area contributed by atoms with Gasteiger partial charge in [0, 0.05) is 10.1 Å². The Labute approximate surface area is 197 Å². The normalized spacial score (nSPS) is 11.2. The Morgan fingerprint density at radius 1 is 0.968 bits per heavy atom. The third-order valence-corrected chi connectivity index (χ3v) is 7.29. The number of rotatable bonds is 9. The van der Waals surface area contributed by atoms with Gasteiger partial charge in [0.05, 0.1) is 10.6 Å². The summed E-state index contributed by atoms with van der Waals surface area (Å²) in [6.07, 6.45) is 1.63. The van der Waals surface area contributed by atoms with Crippen molar-refractivity contribution >= 4 is 44.2 Å². The van der Waals surface area contributed by atoms with Gasteiger partial charge in [0.25, 0.3) is 10.0 Å². The highest BCUT2D eigenvalue weighted by Crippen LogP contribution is 2.24. The second kappa shape index (κ2) is 10.8. The van der Waals surface area contributed by atoms with Crippen LogP contribution in [0.2, 0.25) is 0 Å². The molecule has 31 heavy (non-hydrogen) atoms. The number of hydrogen-bond acceptors (Lipinski definition) is 3. The van der Waals surface area contributed by atoms with E-state index in [1.54, 1.807) is 30.3 Å². The minimum atomic E-state index is -3.87. The number of hydrogen-bond donors (Lipinski definition) is 1. The van der Waals surface area contributed by atoms with E-state index in [4.69, 9.17) is 0 Å². The van der Waals surface area contributed by atoms with Crippen molar-refractivity contribution in [2.75, 3.05) is 17.4 Å². The van der Waals surface area contributed by atoms with E-state index in [1.165, 1.54) is 23.3 Å². The van der Waals surface area contributed by atoms with Gasteiger partial charge in [-0.05, 0) is 84.3 Å². The Bertz CT molecular complexity index is 1120. The zero-order chi connectivity index (χ0) is 22.3. The number of halogens is 1. The maximum atomic E-state index is 13.2. The van der Waals surface area contributed by atoms with E-state index in [0.717, 1.165) is 20.7 Å². The largest absolute Gasteiger partial charge is 0.355 e. The molecule has 0 fully saturated rings. The summed E-state index contributed by atoms with van der Waals surface area (Å²) in [4.78, 5) is 12.8. The summed E-state index contributed by atoms with van der Waals surface area (Å²) < 4.78 is 28.6. The Morgan fingerprint density at radius 2 is 1.68 bits per heavy atom. The quantitative estimate of drug-likeness (QED) is 0.316. The van der Waals surface area contributed by atoms with E-state index < -0.39 is 10.0 Å². The van der Waals surface area contributed by atoms with Crippen LogP contribution in [-0.2, 0) is 21.2 Å². The molecule has 0 radical (unpaired) electrons. The Balaban J connectivity index is 1.68. The van der Waals surface area contributed by atoms with Gasteiger partial charge >= 0.3 is 0 Å². The van der Waals surface area contributed by atoms with Gasteiger partial charge in [0.2, 0.25) is 5.91 Å². The molecule has 0 saturated heterocycles. The lowest BCUT2D eigenvalue weighted by Crippen LogP contribution is -2.41. The Kier molecular flexibility index (Phi) is 8.09. The number of carbonyl (C=O) groups is 1. The number of aryl methyl sites for hydroxylation is 2. The molecule has 1 N–H and O–H groups in total. The first kappa shape index (κ1) is 23.3. The molecule has 3 aromatic rings. The second-order valence-electron chi connectivity index (χ2n) is 7.24. The topological polar surface area (TPSA) is 66.5 Å². The molecule has 0 aromatic heterocycles. The van der Waals surface area contributed by atoms with Crippen LogP contribution in [0.1, 0.15) is 17.5 Å². The molecular formula is C24H25IN2O3S. The fourth-order valence-corrected chi connectivity index (χ4v) is 5.02. The zero-order valence-electron chi connectivity index (χ0n) is 17.3. The number of amides is 1. The molecule has 3 rings (SSSR count). The molecule has 0 heterocycles. The van der Waals surface area contributed by atoms with Crippen LogP contribution < -0.4 is 9.62 Å². The van der Waals surface area contributed by atoms with Crippen molar-refractivity contribution in [3.05, 3.63) is 93.6 Å². The van der Waals surface area contributed by atoms with Crippen LogP contribution in [0.3, 0.4) is 0 Å². The van der Waals surface area contributed by atoms with Crippen molar-refractivity contribution in [3.63, 3.8) is 0 Å². The Hall–Kier alpha value is -2.39. The fourth-order valence-electron chi connectivity index (χ4n) is 3.22. The molecule has 7 heteroatoms. The number of benzene rings is 3. The minimum absolute atomic E-state index is 0.154. The van der Waals surface area contributed by atoms with Gasteiger partial charge in [0.1, 0.15) is 6.54 Å². The smallest absolute Gasteiger partial charge is 0.264 e. The maximum absolute atomic E-state index is 13.2. The summed E-state index contributed by atoms with van der Waals surface area (Å²) in [6, 6.07) is 23.5. The van der Waals surface area contributed by atoms with E-state index in [9.17, 15) is 13.2 Å². The molecule has 3 aromatic carbocycles. The summed E-state index contributed by atoms with van der Waals surface area (Å²) in [7, 11) is -3.87. The molecule has 0 unspecified atom stereocenters. The van der Waals surface area contributed by atoms with Gasteiger partial charge in [0.15, 0.2) is 0 Å². The molecule has 0 aliphatic rings. The Morgan fingerprint density at radius 3 is 2.35 bits per heavy atom. The van der Waals surface area contributed by atoms with Crippen molar-refractivity contribution in [3.8, 4) is 0 Å². The van der Waals surface area contributed by atoms with Crippen molar-refractivity contribution in [2.45, 2.75) is 24.7 Å². The van der Waals surface area contributed by atoms with E-state index in [1.807, 2.05) is 18.2 Å². The third kappa shape index (κ3) is 6.54. The predicted octanol–water partition coefficient (Wildman–Crippen LogP) is 4.54. The summed E-state index contributed by atoms with van der Waals surface area (Å²) in [5.41, 5.74) is 2.89. The van der Waals surface area contributed by atoms with E-state index in [0.29, 0.717) is 12.2 Å². The van der Waals surface area contributed by atoms with Crippen molar-refractivity contribution in [1.82, 2.24) is 5.32 Å². The SMILES string of the molecule is Cc1cccc(CCCNC(=O)CN(c2ccc(I)cc2)S(=O)(=O)c2ccccc2)c1. The fraction of sp³-hybridized carbons (Fsp3) is 0.208. The first-order valence-electron chi connectivity index (χ1n) is 10.0. The van der Waals surface area contributed by atoms with Gasteiger partial charge < -0.3 is 5.32 Å². The van der Waals surface area contributed by atoms with E-state index >= 15 is 0 Å². The minimum Gasteiger partial charge on any atom is -0.355 e. The van der Waals surface area contributed by atoms with Crippen molar-refractivity contribution in [1.29, 1.82) is 0 Å². The summed E-state index contributed by atoms with van der Waals surface area (Å²) in [6.45, 7) is 2.26. The summed E-state index contributed by atoms with van der Waals surface area (Å²) in [5, 5.41) is 2.86. The van der Waals surface area contributed by atoms with Gasteiger partial charge in [-0.1, -0.05) is 48.0 Å². The number of anilines is 1. The van der Waals surface area contributed by atoms with Crippen LogP contribution in [0.15, 0.2) is 83.8 Å². The van der Waals surface area contributed by atoms with Crippen LogP contribution in [0.4, 0.5) is 5.69 Å². The average molecular weight is 548 g/mol. The van der Waals surface area contributed by atoms with E-state index in [2.05, 4.69) is 53.0 Å². The number of carbonyl (C=O) groups excluding carboxylic acids is 1. The van der Waals surface area contributed by atoms with Gasteiger partial charge in [-0.25, -0.2) is 8.42 Å². The predicted molar refractivity (Wildman–Crippen MR) is 133 cm³/mol. The second-order valence-corrected chi connectivity index (χ2v) is 10.4. The van der Waals surface area contributed by atoms with Crippen LogP contribution >= 0.6 is 22.6 Å². The monoisotopic (exact) mass is 548 g/mol. The molecule has 1 amide bonds. The zero-order valence-corrected chi connectivity index (χ0v) is 20.3. The van der Waals surface area contributed by atoms with Gasteiger partial charge in [-0.3, -0.25) is 9.10 Å². The van der Waals surface area contributed by atoms with E-state index in [-0.39, 0.29) is 17.3 Å². The molecule has 0 bridgehead atoms. The highest BCUT2D eigenvalue weighted by molar-refractivity contribution is 14.1. The molecule has 0 saturated carbocycles. The van der Waals surface area contributed by atoms with Crippen molar-refractivity contribution in [2.24, 2.45) is 0 Å². The molecule has 0 atom stereocenters. The van der Waals surface area contributed by atoms with Gasteiger partial charge in [-0.15, -0.1) is 0 Å². The lowest BCUT2D eigenvalue weighted by Gasteiger charge is -2.24. The van der Waals surface area contributed by atoms with Gasteiger partial charge in [-0.2, -0.15) is 0 Å². The maximum Gasteiger partial charge on any atom is 0.264 e. The standard InChI is InChI=1S/C24H25IN2O3S/c1-19-7-5-8-20(17-19)9-6-16-26-24(28)18-27(22-14-12-21(25)13-15-22)31(29,30)23-10-3-2-4-11-23/h2-5,7-8,10-15,17H,6,9,16,18H2,1H3,(H,26,28). The number of nitrogens with zero attached hydrogens (tertiary/aromatic N) is 1. The molecule has 0 spiro atoms. The molecule has 162 valence electrons. The van der Waals surface area contributed by atoms with Crippen LogP contribution in [0, 0.1) is 10.5 Å². The number of sulfonamides is 1. The molecule has 5 nitrogen and oxygen atoms in total. The van der Waals surface area contributed by atoms with Crippen LogP contribution in [0.5, 0.6) is 0 Å². The lowest BCUT2D eigenvalue weighted by atomic mass is 10.1. The first-order valence-corrected chi connectivity index (χ1v) is 12.5. The molecule has 0 aliphatic carbocycles. The van der Waals surface area contributed by atoms with Crippen LogP contribution in [-0.4, -0.2) is 27.4 Å². The summed E-state index contributed by atoms with van der Waals surface area (Å²) >= 11 is 2.16. The molecular weight excluding hydrogens is 523 g/mol.